The molecule has 9 heteroatoms. The van der Waals surface area contributed by atoms with Gasteiger partial charge in [-0.25, -0.2) is 0 Å². The van der Waals surface area contributed by atoms with Gasteiger partial charge in [0, 0.05) is 16.2 Å². The molecule has 2 aromatic rings. The number of carbonyl (C=O) groups is 2. The average molecular weight is 412 g/mol. The maximum absolute atomic E-state index is 12.8. The molecule has 4 nitrogen and oxygen atoms in total. The molecule has 0 radical (unpaired) electrons. The molecule has 0 fully saturated rings. The number of anilines is 2. The van der Waals surface area contributed by atoms with E-state index in [1.54, 1.807) is 12.1 Å². The van der Waals surface area contributed by atoms with Gasteiger partial charge in [0.05, 0.1) is 22.2 Å². The SMILES string of the molecule is CSc1ccccc1NC(=O)C[C@H]1Sc2ccc(C(F)(F)F)cc2NC1=O. The molecule has 142 valence electrons. The van der Waals surface area contributed by atoms with Crippen LogP contribution < -0.4 is 10.6 Å². The Morgan fingerprint density at radius 3 is 2.70 bits per heavy atom. The zero-order valence-electron chi connectivity index (χ0n) is 14.1. The molecule has 2 amide bonds. The van der Waals surface area contributed by atoms with E-state index in [-0.39, 0.29) is 18.0 Å². The Morgan fingerprint density at radius 2 is 2.00 bits per heavy atom. The summed E-state index contributed by atoms with van der Waals surface area (Å²) in [6.45, 7) is 0. The highest BCUT2D eigenvalue weighted by molar-refractivity contribution is 8.01. The van der Waals surface area contributed by atoms with E-state index in [9.17, 15) is 22.8 Å². The molecule has 2 aromatic carbocycles. The number of fused-ring (bicyclic) bond motifs is 1. The van der Waals surface area contributed by atoms with Crippen molar-refractivity contribution in [3.8, 4) is 0 Å². The van der Waals surface area contributed by atoms with Gasteiger partial charge in [-0.15, -0.1) is 23.5 Å². The molecular formula is C18H15F3N2O2S2. The Bertz CT molecular complexity index is 887. The Morgan fingerprint density at radius 1 is 1.26 bits per heavy atom. The number of hydrogen-bond donors (Lipinski definition) is 2. The number of alkyl halides is 3. The van der Waals surface area contributed by atoms with Crippen LogP contribution in [0.25, 0.3) is 0 Å². The van der Waals surface area contributed by atoms with Crippen LogP contribution >= 0.6 is 23.5 Å². The first kappa shape index (κ1) is 19.6. The summed E-state index contributed by atoms with van der Waals surface area (Å²) in [4.78, 5) is 26.0. The summed E-state index contributed by atoms with van der Waals surface area (Å²) in [6, 6.07) is 10.5. The van der Waals surface area contributed by atoms with Gasteiger partial charge in [-0.2, -0.15) is 13.2 Å². The number of para-hydroxylation sites is 1. The van der Waals surface area contributed by atoms with Gasteiger partial charge in [0.1, 0.15) is 0 Å². The largest absolute Gasteiger partial charge is 0.416 e. The molecule has 1 heterocycles. The van der Waals surface area contributed by atoms with Crippen molar-refractivity contribution in [1.29, 1.82) is 0 Å². The van der Waals surface area contributed by atoms with E-state index < -0.39 is 22.9 Å². The summed E-state index contributed by atoms with van der Waals surface area (Å²) >= 11 is 2.57. The molecule has 0 aromatic heterocycles. The highest BCUT2D eigenvalue weighted by atomic mass is 32.2. The first-order valence-electron chi connectivity index (χ1n) is 7.89. The highest BCUT2D eigenvalue weighted by Crippen LogP contribution is 2.40. The number of carbonyl (C=O) groups excluding carboxylic acids is 2. The minimum Gasteiger partial charge on any atom is -0.325 e. The van der Waals surface area contributed by atoms with Crippen LogP contribution in [-0.4, -0.2) is 23.3 Å². The second-order valence-electron chi connectivity index (χ2n) is 5.76. The zero-order chi connectivity index (χ0) is 19.6. The van der Waals surface area contributed by atoms with E-state index in [4.69, 9.17) is 0 Å². The van der Waals surface area contributed by atoms with Crippen LogP contribution in [0.15, 0.2) is 52.3 Å². The van der Waals surface area contributed by atoms with Crippen molar-refractivity contribution < 1.29 is 22.8 Å². The molecule has 0 unspecified atom stereocenters. The molecule has 0 aliphatic carbocycles. The van der Waals surface area contributed by atoms with Gasteiger partial charge in [-0.3, -0.25) is 9.59 Å². The van der Waals surface area contributed by atoms with E-state index in [1.807, 2.05) is 18.4 Å². The van der Waals surface area contributed by atoms with Crippen LogP contribution in [0.4, 0.5) is 24.5 Å². The summed E-state index contributed by atoms with van der Waals surface area (Å²) in [5.41, 5.74) is -0.0531. The molecule has 1 atom stereocenters. The van der Waals surface area contributed by atoms with Crippen LogP contribution in [0.1, 0.15) is 12.0 Å². The Hall–Kier alpha value is -2.13. The number of benzene rings is 2. The standard InChI is InChI=1S/C18H15F3N2O2S2/c1-26-13-5-3-2-4-11(13)22-16(24)9-15-17(25)23-12-8-10(18(19,20)21)6-7-14(12)27-15/h2-8,15H,9H2,1H3,(H,22,24)(H,23,25)/t15-/m1/s1. The third-order valence-electron chi connectivity index (χ3n) is 3.88. The maximum Gasteiger partial charge on any atom is 0.416 e. The van der Waals surface area contributed by atoms with Crippen LogP contribution in [0.3, 0.4) is 0 Å². The molecular weight excluding hydrogens is 397 g/mol. The smallest absolute Gasteiger partial charge is 0.325 e. The van der Waals surface area contributed by atoms with E-state index in [2.05, 4.69) is 10.6 Å². The van der Waals surface area contributed by atoms with Crippen molar-refractivity contribution in [2.75, 3.05) is 16.9 Å². The van der Waals surface area contributed by atoms with Crippen LogP contribution in [0.2, 0.25) is 0 Å². The molecule has 0 spiro atoms. The lowest BCUT2D eigenvalue weighted by Crippen LogP contribution is -2.32. The minimum absolute atomic E-state index is 0.0837. The number of amides is 2. The molecule has 0 saturated carbocycles. The van der Waals surface area contributed by atoms with Gasteiger partial charge < -0.3 is 10.6 Å². The molecule has 1 aliphatic heterocycles. The summed E-state index contributed by atoms with van der Waals surface area (Å²) in [7, 11) is 0. The summed E-state index contributed by atoms with van der Waals surface area (Å²) < 4.78 is 38.4. The Balaban J connectivity index is 1.70. The molecule has 3 rings (SSSR count). The second-order valence-corrected chi connectivity index (χ2v) is 7.85. The normalized spacial score (nSPS) is 16.4. The van der Waals surface area contributed by atoms with Gasteiger partial charge >= 0.3 is 6.18 Å². The van der Waals surface area contributed by atoms with E-state index in [0.29, 0.717) is 10.6 Å². The lowest BCUT2D eigenvalue weighted by atomic mass is 10.1. The molecule has 0 saturated heterocycles. The van der Waals surface area contributed by atoms with E-state index in [0.717, 1.165) is 28.8 Å². The lowest BCUT2D eigenvalue weighted by molar-refractivity contribution is -0.137. The highest BCUT2D eigenvalue weighted by Gasteiger charge is 2.34. The van der Waals surface area contributed by atoms with E-state index in [1.165, 1.54) is 17.8 Å². The van der Waals surface area contributed by atoms with Gasteiger partial charge in [0.25, 0.3) is 0 Å². The summed E-state index contributed by atoms with van der Waals surface area (Å²) in [5, 5.41) is 4.54. The first-order chi connectivity index (χ1) is 12.8. The number of halogens is 3. The van der Waals surface area contributed by atoms with Crippen molar-refractivity contribution >= 4 is 46.7 Å². The summed E-state index contributed by atoms with van der Waals surface area (Å²) in [6.07, 6.45) is -2.67. The monoisotopic (exact) mass is 412 g/mol. The topological polar surface area (TPSA) is 58.2 Å². The quantitative estimate of drug-likeness (QED) is 0.704. The fourth-order valence-corrected chi connectivity index (χ4v) is 4.22. The summed E-state index contributed by atoms with van der Waals surface area (Å²) in [5.74, 6) is -0.820. The van der Waals surface area contributed by atoms with Crippen molar-refractivity contribution in [2.45, 2.75) is 27.6 Å². The zero-order valence-corrected chi connectivity index (χ0v) is 15.7. The number of rotatable bonds is 4. The van der Waals surface area contributed by atoms with Gasteiger partial charge in [-0.05, 0) is 36.6 Å². The van der Waals surface area contributed by atoms with Crippen molar-refractivity contribution in [3.05, 3.63) is 48.0 Å². The third-order valence-corrected chi connectivity index (χ3v) is 5.95. The maximum atomic E-state index is 12.8. The minimum atomic E-state index is -4.48. The fourth-order valence-electron chi connectivity index (χ4n) is 2.58. The Kier molecular flexibility index (Phi) is 5.71. The molecule has 1 aliphatic rings. The van der Waals surface area contributed by atoms with Crippen molar-refractivity contribution in [1.82, 2.24) is 0 Å². The van der Waals surface area contributed by atoms with Crippen LogP contribution in [0.5, 0.6) is 0 Å². The van der Waals surface area contributed by atoms with Gasteiger partial charge in [0.2, 0.25) is 11.8 Å². The van der Waals surface area contributed by atoms with Gasteiger partial charge in [-0.1, -0.05) is 12.1 Å². The van der Waals surface area contributed by atoms with Crippen LogP contribution in [0, 0.1) is 0 Å². The predicted molar refractivity (Wildman–Crippen MR) is 101 cm³/mol. The van der Waals surface area contributed by atoms with Crippen molar-refractivity contribution in [2.24, 2.45) is 0 Å². The van der Waals surface area contributed by atoms with Gasteiger partial charge in [0.15, 0.2) is 0 Å². The van der Waals surface area contributed by atoms with E-state index >= 15 is 0 Å². The third kappa shape index (κ3) is 4.59. The number of thioether (sulfide) groups is 2. The average Bonchev–Trinajstić information content (AvgIpc) is 2.61. The van der Waals surface area contributed by atoms with Crippen molar-refractivity contribution in [3.63, 3.8) is 0 Å². The predicted octanol–water partition coefficient (Wildman–Crippen LogP) is 4.87. The fraction of sp³-hybridized carbons (Fsp3) is 0.222. The first-order valence-corrected chi connectivity index (χ1v) is 10.00. The second kappa shape index (κ2) is 7.85. The lowest BCUT2D eigenvalue weighted by Gasteiger charge is -2.24. The van der Waals surface area contributed by atoms with Crippen LogP contribution in [-0.2, 0) is 15.8 Å². The Labute approximate surface area is 162 Å². The molecule has 0 bridgehead atoms. The number of hydrogen-bond acceptors (Lipinski definition) is 4. The molecule has 27 heavy (non-hydrogen) atoms. The molecule has 2 N–H and O–H groups in total. The number of nitrogens with one attached hydrogen (secondary N) is 2.